The zero-order chi connectivity index (χ0) is 23.3. The summed E-state index contributed by atoms with van der Waals surface area (Å²) >= 11 is 7.46. The topological polar surface area (TPSA) is 84.5 Å². The van der Waals surface area contributed by atoms with Crippen LogP contribution in [0.5, 0.6) is 0 Å². The molecule has 172 valence electrons. The van der Waals surface area contributed by atoms with Gasteiger partial charge in [0.25, 0.3) is 0 Å². The number of thioether (sulfide) groups is 1. The van der Waals surface area contributed by atoms with E-state index in [2.05, 4.69) is 10.6 Å². The van der Waals surface area contributed by atoms with Gasteiger partial charge in [-0.2, -0.15) is 0 Å². The average Bonchev–Trinajstić information content (AvgIpc) is 2.78. The molecule has 0 fully saturated rings. The Labute approximate surface area is 198 Å². The Balaban J connectivity index is 1.85. The molecule has 0 saturated carbocycles. The lowest BCUT2D eigenvalue weighted by Gasteiger charge is -2.22. The fourth-order valence-electron chi connectivity index (χ4n) is 2.90. The molecule has 6 nitrogen and oxygen atoms in total. The Morgan fingerprint density at radius 1 is 1.06 bits per heavy atom. The van der Waals surface area contributed by atoms with E-state index >= 15 is 0 Å². The molecule has 2 atom stereocenters. The molecule has 2 aromatic carbocycles. The molecule has 0 heterocycles. The van der Waals surface area contributed by atoms with Gasteiger partial charge >= 0.3 is 6.09 Å². The highest BCUT2D eigenvalue weighted by Crippen LogP contribution is 2.21. The van der Waals surface area contributed by atoms with Crippen LogP contribution in [0.1, 0.15) is 32.3 Å². The van der Waals surface area contributed by atoms with Gasteiger partial charge < -0.3 is 20.2 Å². The molecule has 32 heavy (non-hydrogen) atoms. The predicted molar refractivity (Wildman–Crippen MR) is 128 cm³/mol. The Morgan fingerprint density at radius 2 is 1.75 bits per heavy atom. The molecule has 0 spiro atoms. The minimum atomic E-state index is -0.787. The van der Waals surface area contributed by atoms with Crippen LogP contribution in [0.3, 0.4) is 0 Å². The minimum Gasteiger partial charge on any atom is -0.445 e. The molecule has 0 aromatic heterocycles. The first-order chi connectivity index (χ1) is 15.4. The summed E-state index contributed by atoms with van der Waals surface area (Å²) in [5, 5.41) is 6.03. The van der Waals surface area contributed by atoms with Gasteiger partial charge in [0, 0.05) is 15.7 Å². The number of amides is 2. The third kappa shape index (κ3) is 9.75. The molecule has 0 radical (unpaired) electrons. The molecule has 0 aliphatic carbocycles. The van der Waals surface area contributed by atoms with Gasteiger partial charge in [-0.3, -0.25) is 4.79 Å². The van der Waals surface area contributed by atoms with Crippen molar-refractivity contribution in [1.82, 2.24) is 10.6 Å². The lowest BCUT2D eigenvalue weighted by atomic mass is 10.0. The number of aldehydes is 1. The highest BCUT2D eigenvalue weighted by molar-refractivity contribution is 7.99. The van der Waals surface area contributed by atoms with Crippen molar-refractivity contribution in [2.75, 3.05) is 5.75 Å². The van der Waals surface area contributed by atoms with Crippen LogP contribution in [0.2, 0.25) is 5.02 Å². The maximum atomic E-state index is 12.8. The summed E-state index contributed by atoms with van der Waals surface area (Å²) in [5.74, 6) is 0.409. The second-order valence-electron chi connectivity index (χ2n) is 7.73. The summed E-state index contributed by atoms with van der Waals surface area (Å²) in [6, 6.07) is 15.3. The van der Waals surface area contributed by atoms with Gasteiger partial charge in [0.1, 0.15) is 18.9 Å². The van der Waals surface area contributed by atoms with Crippen LogP contribution in [-0.4, -0.2) is 36.1 Å². The minimum absolute atomic E-state index is 0.113. The van der Waals surface area contributed by atoms with Crippen LogP contribution in [0.4, 0.5) is 4.79 Å². The van der Waals surface area contributed by atoms with Crippen molar-refractivity contribution in [3.05, 3.63) is 65.2 Å². The van der Waals surface area contributed by atoms with Crippen LogP contribution in [0.25, 0.3) is 0 Å². The van der Waals surface area contributed by atoms with Crippen LogP contribution < -0.4 is 10.6 Å². The van der Waals surface area contributed by atoms with E-state index in [1.54, 1.807) is 11.8 Å². The van der Waals surface area contributed by atoms with Crippen molar-refractivity contribution in [1.29, 1.82) is 0 Å². The Hall–Kier alpha value is -2.51. The molecule has 2 amide bonds. The average molecular weight is 477 g/mol. The zero-order valence-electron chi connectivity index (χ0n) is 18.3. The number of hydrogen-bond acceptors (Lipinski definition) is 5. The number of hydrogen-bond donors (Lipinski definition) is 2. The van der Waals surface area contributed by atoms with Gasteiger partial charge in [0.15, 0.2) is 0 Å². The molecule has 0 saturated heterocycles. The number of alkyl carbamates (subject to hydrolysis) is 1. The second-order valence-corrected chi connectivity index (χ2v) is 9.34. The molecule has 0 aliphatic rings. The number of carbonyl (C=O) groups excluding carboxylic acids is 3. The van der Waals surface area contributed by atoms with Gasteiger partial charge in [-0.25, -0.2) is 4.79 Å². The summed E-state index contributed by atoms with van der Waals surface area (Å²) in [7, 11) is 0. The fourth-order valence-corrected chi connectivity index (χ4v) is 3.96. The Kier molecular flexibility index (Phi) is 11.1. The van der Waals surface area contributed by atoms with Gasteiger partial charge in [0.2, 0.25) is 5.91 Å². The first-order valence-corrected chi connectivity index (χ1v) is 11.8. The van der Waals surface area contributed by atoms with Gasteiger partial charge in [-0.1, -0.05) is 55.8 Å². The number of carbonyl (C=O) groups is 3. The summed E-state index contributed by atoms with van der Waals surface area (Å²) in [6.45, 7) is 4.02. The van der Waals surface area contributed by atoms with Crippen LogP contribution >= 0.6 is 23.4 Å². The van der Waals surface area contributed by atoms with Gasteiger partial charge in [-0.15, -0.1) is 11.8 Å². The van der Waals surface area contributed by atoms with E-state index in [-0.39, 0.29) is 12.5 Å². The summed E-state index contributed by atoms with van der Waals surface area (Å²) in [5.41, 5.74) is 0.853. The zero-order valence-corrected chi connectivity index (χ0v) is 19.8. The molecular weight excluding hydrogens is 448 g/mol. The van der Waals surface area contributed by atoms with Crippen LogP contribution in [-0.2, 0) is 20.9 Å². The SMILES string of the molecule is CC(C)C[C@H](NC(=O)OCc1ccccc1)C(=O)NC(C=O)CCSc1ccc(Cl)cc1. The lowest BCUT2D eigenvalue weighted by molar-refractivity contribution is -0.126. The van der Waals surface area contributed by atoms with Crippen molar-refractivity contribution in [3.8, 4) is 0 Å². The van der Waals surface area contributed by atoms with Crippen molar-refractivity contribution in [3.63, 3.8) is 0 Å². The smallest absolute Gasteiger partial charge is 0.408 e. The third-order valence-electron chi connectivity index (χ3n) is 4.53. The van der Waals surface area contributed by atoms with Crippen LogP contribution in [0, 0.1) is 5.92 Å². The number of rotatable bonds is 12. The molecule has 2 N–H and O–H groups in total. The van der Waals surface area contributed by atoms with E-state index in [0.717, 1.165) is 16.7 Å². The van der Waals surface area contributed by atoms with E-state index in [1.807, 2.05) is 68.4 Å². The Bertz CT molecular complexity index is 862. The van der Waals surface area contributed by atoms with E-state index in [4.69, 9.17) is 16.3 Å². The van der Waals surface area contributed by atoms with E-state index in [0.29, 0.717) is 23.6 Å². The highest BCUT2D eigenvalue weighted by atomic mass is 35.5. The highest BCUT2D eigenvalue weighted by Gasteiger charge is 2.24. The molecule has 8 heteroatoms. The van der Waals surface area contributed by atoms with Crippen LogP contribution in [0.15, 0.2) is 59.5 Å². The molecule has 0 bridgehead atoms. The molecule has 2 rings (SSSR count). The maximum absolute atomic E-state index is 12.8. The second kappa shape index (κ2) is 13.8. The largest absolute Gasteiger partial charge is 0.445 e. The van der Waals surface area contributed by atoms with Gasteiger partial charge in [0.05, 0.1) is 6.04 Å². The molecule has 0 aliphatic heterocycles. The van der Waals surface area contributed by atoms with E-state index in [1.165, 1.54) is 0 Å². The molecule has 1 unspecified atom stereocenters. The normalized spacial score (nSPS) is 12.6. The van der Waals surface area contributed by atoms with Crippen molar-refractivity contribution in [2.45, 2.75) is 50.3 Å². The number of nitrogens with one attached hydrogen (secondary N) is 2. The quantitative estimate of drug-likeness (QED) is 0.338. The lowest BCUT2D eigenvalue weighted by Crippen LogP contribution is -2.50. The maximum Gasteiger partial charge on any atom is 0.408 e. The fraction of sp³-hybridized carbons (Fsp3) is 0.375. The molecular formula is C24H29ClN2O4S. The van der Waals surface area contributed by atoms with E-state index < -0.39 is 24.1 Å². The first kappa shape index (κ1) is 25.7. The predicted octanol–water partition coefficient (Wildman–Crippen LogP) is 4.85. The summed E-state index contributed by atoms with van der Waals surface area (Å²) in [6.07, 6.45) is 0.948. The summed E-state index contributed by atoms with van der Waals surface area (Å²) in [4.78, 5) is 37.5. The summed E-state index contributed by atoms with van der Waals surface area (Å²) < 4.78 is 5.23. The standard InChI is InChI=1S/C24H29ClN2O4S/c1-17(2)14-22(27-24(30)31-16-18-6-4-3-5-7-18)23(29)26-20(15-28)12-13-32-21-10-8-19(25)9-11-21/h3-11,15,17,20,22H,12-14,16H2,1-2H3,(H,26,29)(H,27,30)/t20?,22-/m0/s1. The third-order valence-corrected chi connectivity index (χ3v) is 5.83. The number of ether oxygens (including phenoxy) is 1. The van der Waals surface area contributed by atoms with Crippen molar-refractivity contribution >= 4 is 41.6 Å². The number of halogens is 1. The van der Waals surface area contributed by atoms with Gasteiger partial charge in [-0.05, 0) is 48.6 Å². The van der Waals surface area contributed by atoms with Crippen molar-refractivity contribution in [2.24, 2.45) is 5.92 Å². The molecule has 2 aromatic rings. The number of benzene rings is 2. The van der Waals surface area contributed by atoms with E-state index in [9.17, 15) is 14.4 Å². The first-order valence-electron chi connectivity index (χ1n) is 10.5. The van der Waals surface area contributed by atoms with Crippen molar-refractivity contribution < 1.29 is 19.1 Å². The monoisotopic (exact) mass is 476 g/mol. The Morgan fingerprint density at radius 3 is 2.38 bits per heavy atom.